The van der Waals surface area contributed by atoms with E-state index < -0.39 is 0 Å². The van der Waals surface area contributed by atoms with Crippen LogP contribution in [0.1, 0.15) is 36.6 Å². The number of hydrogen-bond donors (Lipinski definition) is 0. The first-order valence-electron chi connectivity index (χ1n) is 11.8. The van der Waals surface area contributed by atoms with Crippen LogP contribution in [0.4, 0.5) is 5.69 Å². The fourth-order valence-corrected chi connectivity index (χ4v) is 4.87. The Balaban J connectivity index is 1.30. The molecule has 1 atom stereocenters. The Morgan fingerprint density at radius 1 is 1.03 bits per heavy atom. The lowest BCUT2D eigenvalue weighted by Crippen LogP contribution is -2.24. The minimum Gasteiger partial charge on any atom is -0.493 e. The van der Waals surface area contributed by atoms with Gasteiger partial charge in [0.15, 0.2) is 0 Å². The first-order chi connectivity index (χ1) is 16.6. The molecule has 0 radical (unpaired) electrons. The highest BCUT2D eigenvalue weighted by molar-refractivity contribution is 6.30. The highest BCUT2D eigenvalue weighted by Gasteiger charge is 2.34. The molecule has 0 spiro atoms. The van der Waals surface area contributed by atoms with Gasteiger partial charge in [-0.3, -0.25) is 4.79 Å². The Morgan fingerprint density at radius 2 is 1.85 bits per heavy atom. The molecule has 0 saturated carbocycles. The summed E-state index contributed by atoms with van der Waals surface area (Å²) in [5, 5.41) is 0.633. The zero-order chi connectivity index (χ0) is 23.5. The Kier molecular flexibility index (Phi) is 6.54. The molecule has 1 aliphatic rings. The number of benzene rings is 3. The maximum absolute atomic E-state index is 12.9. The van der Waals surface area contributed by atoms with E-state index >= 15 is 0 Å². The first kappa shape index (κ1) is 22.5. The maximum Gasteiger partial charge on any atom is 0.227 e. The van der Waals surface area contributed by atoms with Crippen LogP contribution in [0.3, 0.4) is 0 Å². The fraction of sp³-hybridized carbons (Fsp3) is 0.286. The number of para-hydroxylation sites is 3. The molecule has 4 aromatic rings. The SMILES string of the molecule is Cc1ccccc1OCCCCn1c(C2CC(=O)N(c3cccc(Cl)c3)C2)nc2ccccc21. The zero-order valence-electron chi connectivity index (χ0n) is 19.3. The molecule has 0 bridgehead atoms. The lowest BCUT2D eigenvalue weighted by Gasteiger charge is -2.18. The van der Waals surface area contributed by atoms with Crippen LogP contribution in [0.2, 0.25) is 5.02 Å². The summed E-state index contributed by atoms with van der Waals surface area (Å²) in [6.07, 6.45) is 2.36. The Morgan fingerprint density at radius 3 is 2.71 bits per heavy atom. The molecule has 174 valence electrons. The minimum atomic E-state index is 0.0436. The second-order valence-corrected chi connectivity index (χ2v) is 9.25. The molecule has 1 aromatic heterocycles. The van der Waals surface area contributed by atoms with Gasteiger partial charge in [0.05, 0.1) is 17.6 Å². The summed E-state index contributed by atoms with van der Waals surface area (Å²) >= 11 is 6.17. The third-order valence-corrected chi connectivity index (χ3v) is 6.66. The average Bonchev–Trinajstić information content (AvgIpc) is 3.40. The van der Waals surface area contributed by atoms with Gasteiger partial charge in [0, 0.05) is 36.1 Å². The van der Waals surface area contributed by atoms with E-state index in [0.29, 0.717) is 24.6 Å². The molecular weight excluding hydrogens is 446 g/mol. The second-order valence-electron chi connectivity index (χ2n) is 8.82. The van der Waals surface area contributed by atoms with E-state index in [1.54, 1.807) is 0 Å². The van der Waals surface area contributed by atoms with Gasteiger partial charge in [-0.15, -0.1) is 0 Å². The monoisotopic (exact) mass is 473 g/mol. The van der Waals surface area contributed by atoms with E-state index in [-0.39, 0.29) is 11.8 Å². The van der Waals surface area contributed by atoms with Crippen molar-refractivity contribution in [1.82, 2.24) is 9.55 Å². The van der Waals surface area contributed by atoms with Crippen molar-refractivity contribution >= 4 is 34.2 Å². The van der Waals surface area contributed by atoms with Crippen molar-refractivity contribution in [2.45, 2.75) is 38.6 Å². The number of anilines is 1. The molecule has 34 heavy (non-hydrogen) atoms. The number of aryl methyl sites for hydroxylation is 2. The largest absolute Gasteiger partial charge is 0.493 e. The lowest BCUT2D eigenvalue weighted by atomic mass is 10.1. The quantitative estimate of drug-likeness (QED) is 0.279. The van der Waals surface area contributed by atoms with Gasteiger partial charge in [0.2, 0.25) is 5.91 Å². The van der Waals surface area contributed by atoms with Crippen molar-refractivity contribution in [2.75, 3.05) is 18.1 Å². The predicted octanol–water partition coefficient (Wildman–Crippen LogP) is 6.38. The van der Waals surface area contributed by atoms with Crippen molar-refractivity contribution in [3.05, 3.63) is 89.2 Å². The molecule has 3 aromatic carbocycles. The minimum absolute atomic E-state index is 0.0436. The van der Waals surface area contributed by atoms with E-state index in [2.05, 4.69) is 23.6 Å². The Labute approximate surface area is 204 Å². The highest BCUT2D eigenvalue weighted by Crippen LogP contribution is 2.34. The predicted molar refractivity (Wildman–Crippen MR) is 137 cm³/mol. The highest BCUT2D eigenvalue weighted by atomic mass is 35.5. The normalized spacial score (nSPS) is 15.9. The molecule has 0 N–H and O–H groups in total. The number of halogens is 1. The number of carbonyl (C=O) groups excluding carboxylic acids is 1. The molecule has 1 aliphatic heterocycles. The number of imidazole rings is 1. The average molecular weight is 474 g/mol. The summed E-state index contributed by atoms with van der Waals surface area (Å²) in [5.41, 5.74) is 4.09. The molecule has 0 aliphatic carbocycles. The molecule has 1 fully saturated rings. The number of nitrogens with zero attached hydrogens (tertiary/aromatic N) is 3. The number of fused-ring (bicyclic) bond motifs is 1. The van der Waals surface area contributed by atoms with Crippen LogP contribution in [-0.2, 0) is 11.3 Å². The van der Waals surface area contributed by atoms with E-state index in [4.69, 9.17) is 21.3 Å². The van der Waals surface area contributed by atoms with Gasteiger partial charge < -0.3 is 14.2 Å². The number of carbonyl (C=O) groups is 1. The molecule has 5 rings (SSSR count). The number of ether oxygens (including phenoxy) is 1. The summed E-state index contributed by atoms with van der Waals surface area (Å²) < 4.78 is 8.27. The maximum atomic E-state index is 12.9. The first-order valence-corrected chi connectivity index (χ1v) is 12.2. The Bertz CT molecular complexity index is 1320. The lowest BCUT2D eigenvalue weighted by molar-refractivity contribution is -0.117. The van der Waals surface area contributed by atoms with Crippen LogP contribution in [0.15, 0.2) is 72.8 Å². The van der Waals surface area contributed by atoms with Crippen molar-refractivity contribution < 1.29 is 9.53 Å². The number of amides is 1. The number of hydrogen-bond acceptors (Lipinski definition) is 3. The number of unbranched alkanes of at least 4 members (excludes halogenated alkanes) is 1. The second kappa shape index (κ2) is 9.90. The summed E-state index contributed by atoms with van der Waals surface area (Å²) in [5.74, 6) is 2.08. The van der Waals surface area contributed by atoms with Crippen LogP contribution in [0.25, 0.3) is 11.0 Å². The topological polar surface area (TPSA) is 47.4 Å². The third-order valence-electron chi connectivity index (χ3n) is 6.42. The van der Waals surface area contributed by atoms with Crippen LogP contribution < -0.4 is 9.64 Å². The van der Waals surface area contributed by atoms with Gasteiger partial charge in [-0.25, -0.2) is 4.98 Å². The van der Waals surface area contributed by atoms with Gasteiger partial charge in [-0.1, -0.05) is 48.0 Å². The smallest absolute Gasteiger partial charge is 0.227 e. The van der Waals surface area contributed by atoms with Crippen molar-refractivity contribution in [3.8, 4) is 5.75 Å². The van der Waals surface area contributed by atoms with Crippen LogP contribution in [0.5, 0.6) is 5.75 Å². The standard InChI is InChI=1S/C28H28ClN3O2/c1-20-9-2-5-14-26(20)34-16-7-6-15-31-25-13-4-3-12-24(25)30-28(31)21-17-27(33)32(19-21)23-11-8-10-22(29)18-23/h2-5,8-14,18,21H,6-7,15-17,19H2,1H3. The fourth-order valence-electron chi connectivity index (χ4n) is 4.69. The number of aromatic nitrogens is 2. The van der Waals surface area contributed by atoms with Gasteiger partial charge in [-0.05, 0) is 61.7 Å². The van der Waals surface area contributed by atoms with Gasteiger partial charge in [0.1, 0.15) is 11.6 Å². The van der Waals surface area contributed by atoms with E-state index in [9.17, 15) is 4.79 Å². The molecule has 1 saturated heterocycles. The van der Waals surface area contributed by atoms with Gasteiger partial charge in [0.25, 0.3) is 0 Å². The van der Waals surface area contributed by atoms with Crippen molar-refractivity contribution in [2.24, 2.45) is 0 Å². The van der Waals surface area contributed by atoms with Crippen LogP contribution in [0, 0.1) is 6.92 Å². The van der Waals surface area contributed by atoms with Crippen LogP contribution in [-0.4, -0.2) is 28.6 Å². The molecule has 2 heterocycles. The summed E-state index contributed by atoms with van der Waals surface area (Å²) in [4.78, 5) is 19.7. The van der Waals surface area contributed by atoms with Crippen LogP contribution >= 0.6 is 11.6 Å². The summed E-state index contributed by atoms with van der Waals surface area (Å²) in [6.45, 7) is 4.19. The Hall–Kier alpha value is -3.31. The molecule has 1 unspecified atom stereocenters. The summed E-state index contributed by atoms with van der Waals surface area (Å²) in [6, 6.07) is 23.8. The van der Waals surface area contributed by atoms with Crippen molar-refractivity contribution in [3.63, 3.8) is 0 Å². The van der Waals surface area contributed by atoms with Crippen molar-refractivity contribution in [1.29, 1.82) is 0 Å². The van der Waals surface area contributed by atoms with Gasteiger partial charge in [-0.2, -0.15) is 0 Å². The number of rotatable bonds is 8. The molecule has 6 heteroatoms. The van der Waals surface area contributed by atoms with E-state index in [0.717, 1.165) is 53.2 Å². The van der Waals surface area contributed by atoms with E-state index in [1.165, 1.54) is 0 Å². The summed E-state index contributed by atoms with van der Waals surface area (Å²) in [7, 11) is 0. The third kappa shape index (κ3) is 4.66. The molecular formula is C28H28ClN3O2. The van der Waals surface area contributed by atoms with E-state index in [1.807, 2.05) is 65.6 Å². The zero-order valence-corrected chi connectivity index (χ0v) is 20.0. The molecule has 1 amide bonds. The van der Waals surface area contributed by atoms with Gasteiger partial charge >= 0.3 is 0 Å². The molecule has 5 nitrogen and oxygen atoms in total.